The van der Waals surface area contributed by atoms with Gasteiger partial charge in [-0.15, -0.1) is 0 Å². The molecule has 98 valence electrons. The van der Waals surface area contributed by atoms with Gasteiger partial charge < -0.3 is 9.84 Å². The zero-order chi connectivity index (χ0) is 13.2. The van der Waals surface area contributed by atoms with Crippen molar-refractivity contribution in [3.05, 3.63) is 30.5 Å². The standard InChI is InChI=1S/C13H12N2O3S/c16-5-6-18-11-4-2-1-3-9(11)10-7-15-12(17)8-19-13(15)14-10/h1-4,7,16H,5-6,8H2. The number of nitrogens with zero attached hydrogens (tertiary/aromatic N) is 2. The third-order valence-corrected chi connectivity index (χ3v) is 3.72. The summed E-state index contributed by atoms with van der Waals surface area (Å²) in [5.74, 6) is 1.16. The van der Waals surface area contributed by atoms with Crippen LogP contribution in [0.15, 0.2) is 35.6 Å². The highest BCUT2D eigenvalue weighted by atomic mass is 32.2. The molecule has 1 aliphatic heterocycles. The average molecular weight is 276 g/mol. The molecular formula is C13H12N2O3S. The van der Waals surface area contributed by atoms with E-state index in [0.717, 1.165) is 10.7 Å². The molecule has 1 aromatic heterocycles. The number of imidazole rings is 1. The molecule has 19 heavy (non-hydrogen) atoms. The second-order valence-corrected chi connectivity index (χ2v) is 4.97. The number of aliphatic hydroxyl groups excluding tert-OH is 1. The lowest BCUT2D eigenvalue weighted by molar-refractivity contribution is 0.0939. The Morgan fingerprint density at radius 3 is 3.05 bits per heavy atom. The molecule has 0 spiro atoms. The number of carbonyl (C=O) groups excluding carboxylic acids is 1. The lowest BCUT2D eigenvalue weighted by atomic mass is 10.1. The van der Waals surface area contributed by atoms with Crippen LogP contribution in [-0.2, 0) is 0 Å². The van der Waals surface area contributed by atoms with Crippen LogP contribution in [0.2, 0.25) is 0 Å². The first kappa shape index (κ1) is 12.3. The number of hydrogen-bond acceptors (Lipinski definition) is 5. The topological polar surface area (TPSA) is 64.3 Å². The third kappa shape index (κ3) is 2.24. The van der Waals surface area contributed by atoms with Crippen molar-refractivity contribution in [1.82, 2.24) is 9.55 Å². The van der Waals surface area contributed by atoms with E-state index in [9.17, 15) is 4.79 Å². The molecule has 0 aliphatic carbocycles. The van der Waals surface area contributed by atoms with Crippen LogP contribution >= 0.6 is 11.8 Å². The van der Waals surface area contributed by atoms with Gasteiger partial charge in [0.25, 0.3) is 0 Å². The summed E-state index contributed by atoms with van der Waals surface area (Å²) in [6.45, 7) is 0.195. The Bertz CT molecular complexity index is 624. The average Bonchev–Trinajstić information content (AvgIpc) is 2.99. The Balaban J connectivity index is 1.98. The van der Waals surface area contributed by atoms with Gasteiger partial charge in [0.05, 0.1) is 18.1 Å². The largest absolute Gasteiger partial charge is 0.490 e. The van der Waals surface area contributed by atoms with E-state index in [-0.39, 0.29) is 19.1 Å². The predicted octanol–water partition coefficient (Wildman–Crippen LogP) is 1.67. The molecule has 1 N–H and O–H groups in total. The van der Waals surface area contributed by atoms with E-state index in [1.807, 2.05) is 24.3 Å². The minimum absolute atomic E-state index is 0.0393. The van der Waals surface area contributed by atoms with Gasteiger partial charge in [0.1, 0.15) is 12.4 Å². The highest BCUT2D eigenvalue weighted by molar-refractivity contribution is 8.00. The van der Waals surface area contributed by atoms with E-state index in [0.29, 0.717) is 17.2 Å². The van der Waals surface area contributed by atoms with Crippen LogP contribution in [0.4, 0.5) is 0 Å². The number of carbonyl (C=O) groups is 1. The number of aliphatic hydroxyl groups is 1. The van der Waals surface area contributed by atoms with Crippen molar-refractivity contribution < 1.29 is 14.6 Å². The van der Waals surface area contributed by atoms with Crippen molar-refractivity contribution in [2.75, 3.05) is 19.0 Å². The monoisotopic (exact) mass is 276 g/mol. The number of hydrogen-bond donors (Lipinski definition) is 1. The summed E-state index contributed by atoms with van der Waals surface area (Å²) in [6, 6.07) is 7.46. The number of ether oxygens (including phenoxy) is 1. The van der Waals surface area contributed by atoms with Gasteiger partial charge in [0, 0.05) is 11.8 Å². The fraction of sp³-hybridized carbons (Fsp3) is 0.231. The van der Waals surface area contributed by atoms with Gasteiger partial charge in [-0.2, -0.15) is 0 Å². The highest BCUT2D eigenvalue weighted by Gasteiger charge is 2.23. The summed E-state index contributed by atoms with van der Waals surface area (Å²) in [5.41, 5.74) is 1.54. The van der Waals surface area contributed by atoms with Crippen molar-refractivity contribution in [1.29, 1.82) is 0 Å². The van der Waals surface area contributed by atoms with E-state index in [4.69, 9.17) is 9.84 Å². The molecular weight excluding hydrogens is 264 g/mol. The SMILES string of the molecule is O=C1CSc2nc(-c3ccccc3OCCO)cn21. The molecule has 0 saturated carbocycles. The maximum Gasteiger partial charge on any atom is 0.243 e. The number of thioether (sulfide) groups is 1. The van der Waals surface area contributed by atoms with E-state index < -0.39 is 0 Å². The molecule has 2 heterocycles. The van der Waals surface area contributed by atoms with Crippen molar-refractivity contribution in [2.24, 2.45) is 0 Å². The van der Waals surface area contributed by atoms with Gasteiger partial charge in [-0.25, -0.2) is 4.98 Å². The lowest BCUT2D eigenvalue weighted by Crippen LogP contribution is -2.04. The molecule has 0 bridgehead atoms. The van der Waals surface area contributed by atoms with E-state index in [2.05, 4.69) is 4.98 Å². The lowest BCUT2D eigenvalue weighted by Gasteiger charge is -2.08. The third-order valence-electron chi connectivity index (χ3n) is 2.78. The fourth-order valence-corrected chi connectivity index (χ4v) is 2.78. The summed E-state index contributed by atoms with van der Waals surface area (Å²) in [6.07, 6.45) is 1.73. The maximum atomic E-state index is 11.6. The molecule has 0 saturated heterocycles. The van der Waals surface area contributed by atoms with Gasteiger partial charge in [-0.05, 0) is 12.1 Å². The molecule has 1 aliphatic rings. The minimum Gasteiger partial charge on any atom is -0.490 e. The quantitative estimate of drug-likeness (QED) is 0.920. The van der Waals surface area contributed by atoms with Crippen LogP contribution in [0.3, 0.4) is 0 Å². The second kappa shape index (κ2) is 5.07. The molecule has 3 rings (SSSR count). The minimum atomic E-state index is -0.0393. The maximum absolute atomic E-state index is 11.6. The molecule has 0 atom stereocenters. The van der Waals surface area contributed by atoms with Crippen molar-refractivity contribution in [3.63, 3.8) is 0 Å². The summed E-state index contributed by atoms with van der Waals surface area (Å²) >= 11 is 1.44. The first-order valence-electron chi connectivity index (χ1n) is 5.88. The van der Waals surface area contributed by atoms with Gasteiger partial charge in [-0.1, -0.05) is 23.9 Å². The molecule has 0 radical (unpaired) electrons. The Kier molecular flexibility index (Phi) is 3.27. The van der Waals surface area contributed by atoms with Crippen LogP contribution in [-0.4, -0.2) is 39.5 Å². The summed E-state index contributed by atoms with van der Waals surface area (Å²) in [4.78, 5) is 16.0. The normalized spacial score (nSPS) is 13.6. The Morgan fingerprint density at radius 1 is 1.42 bits per heavy atom. The summed E-state index contributed by atoms with van der Waals surface area (Å²) in [7, 11) is 0. The van der Waals surface area contributed by atoms with E-state index in [1.165, 1.54) is 11.8 Å². The van der Waals surface area contributed by atoms with E-state index >= 15 is 0 Å². The highest BCUT2D eigenvalue weighted by Crippen LogP contribution is 2.33. The van der Waals surface area contributed by atoms with Crippen LogP contribution in [0.25, 0.3) is 11.3 Å². The first-order chi connectivity index (χ1) is 9.29. The second-order valence-electron chi connectivity index (χ2n) is 4.03. The molecule has 1 aromatic carbocycles. The number of aromatic nitrogens is 2. The van der Waals surface area contributed by atoms with E-state index in [1.54, 1.807) is 10.8 Å². The van der Waals surface area contributed by atoms with Gasteiger partial charge in [0.15, 0.2) is 5.16 Å². The zero-order valence-electron chi connectivity index (χ0n) is 10.1. The number of fused-ring (bicyclic) bond motifs is 1. The van der Waals surface area contributed by atoms with Crippen molar-refractivity contribution in [3.8, 4) is 17.0 Å². The molecule has 2 aromatic rings. The predicted molar refractivity (Wildman–Crippen MR) is 71.6 cm³/mol. The molecule has 0 unspecified atom stereocenters. The Labute approximate surface area is 114 Å². The molecule has 6 heteroatoms. The number of para-hydroxylation sites is 1. The molecule has 0 fully saturated rings. The number of rotatable bonds is 4. The van der Waals surface area contributed by atoms with Gasteiger partial charge in [0.2, 0.25) is 5.91 Å². The first-order valence-corrected chi connectivity index (χ1v) is 6.86. The van der Waals surface area contributed by atoms with Gasteiger partial charge >= 0.3 is 0 Å². The van der Waals surface area contributed by atoms with Crippen LogP contribution in [0, 0.1) is 0 Å². The molecule has 5 nitrogen and oxygen atoms in total. The molecule has 0 amide bonds. The fourth-order valence-electron chi connectivity index (χ4n) is 1.93. The van der Waals surface area contributed by atoms with Crippen molar-refractivity contribution >= 4 is 17.7 Å². The van der Waals surface area contributed by atoms with Crippen LogP contribution in [0.5, 0.6) is 5.75 Å². The number of benzene rings is 1. The van der Waals surface area contributed by atoms with Crippen molar-refractivity contribution in [2.45, 2.75) is 5.16 Å². The summed E-state index contributed by atoms with van der Waals surface area (Å²) in [5, 5.41) is 9.55. The smallest absolute Gasteiger partial charge is 0.243 e. The Morgan fingerprint density at radius 2 is 2.26 bits per heavy atom. The van der Waals surface area contributed by atoms with Crippen LogP contribution < -0.4 is 4.74 Å². The van der Waals surface area contributed by atoms with Gasteiger partial charge in [-0.3, -0.25) is 9.36 Å². The summed E-state index contributed by atoms with van der Waals surface area (Å²) < 4.78 is 7.05. The Hall–Kier alpha value is -1.79. The zero-order valence-corrected chi connectivity index (χ0v) is 10.9. The van der Waals surface area contributed by atoms with Crippen LogP contribution in [0.1, 0.15) is 4.79 Å².